The van der Waals surface area contributed by atoms with Crippen LogP contribution in [0.4, 0.5) is 5.69 Å². The smallest absolute Gasteiger partial charge is 0.264 e. The van der Waals surface area contributed by atoms with E-state index in [2.05, 4.69) is 21.2 Å². The molecule has 1 atom stereocenters. The molecule has 0 bridgehead atoms. The highest BCUT2D eigenvalue weighted by molar-refractivity contribution is 9.10. The maximum Gasteiger partial charge on any atom is 0.264 e. The van der Waals surface area contributed by atoms with E-state index < -0.39 is 28.5 Å². The Morgan fingerprint density at radius 1 is 0.774 bits per heavy atom. The van der Waals surface area contributed by atoms with Crippen LogP contribution in [0.3, 0.4) is 0 Å². The average Bonchev–Trinajstić information content (AvgIpc) is 3.17. The van der Waals surface area contributed by atoms with E-state index in [1.807, 2.05) is 91.9 Å². The molecule has 0 saturated heterocycles. The molecule has 0 heterocycles. The molecule has 5 aromatic carbocycles. The highest BCUT2D eigenvalue weighted by Crippen LogP contribution is 2.29. The highest BCUT2D eigenvalue weighted by atomic mass is 79.9. The summed E-state index contributed by atoms with van der Waals surface area (Å²) in [6.07, 6.45) is 5.24. The molecule has 2 amide bonds. The summed E-state index contributed by atoms with van der Waals surface area (Å²) >= 11 is 3.55. The fraction of sp³-hybridized carbons (Fsp3) is 0.256. The molecule has 0 aromatic heterocycles. The van der Waals surface area contributed by atoms with E-state index in [0.29, 0.717) is 11.5 Å². The predicted octanol–water partition coefficient (Wildman–Crippen LogP) is 8.83. The molecule has 1 N–H and O–H groups in total. The Hall–Kier alpha value is -4.93. The van der Waals surface area contributed by atoms with Crippen molar-refractivity contribution >= 4 is 43.5 Å². The molecule has 8 nitrogen and oxygen atoms in total. The number of hydrogen-bond donors (Lipinski definition) is 1. The number of carbonyl (C=O) groups excluding carboxylic acids is 2. The molecule has 1 fully saturated rings. The number of ether oxygens (including phenoxy) is 1. The summed E-state index contributed by atoms with van der Waals surface area (Å²) < 4.78 is 36.9. The molecule has 274 valence electrons. The van der Waals surface area contributed by atoms with Crippen molar-refractivity contribution < 1.29 is 22.7 Å². The average molecular weight is 795 g/mol. The van der Waals surface area contributed by atoms with Crippen LogP contribution in [-0.2, 0) is 32.6 Å². The number of aryl methyl sites for hydroxylation is 1. The van der Waals surface area contributed by atoms with Crippen molar-refractivity contribution in [2.75, 3.05) is 10.8 Å². The summed E-state index contributed by atoms with van der Waals surface area (Å²) in [5.41, 5.74) is 2.88. The lowest BCUT2D eigenvalue weighted by molar-refractivity contribution is -0.140. The van der Waals surface area contributed by atoms with Gasteiger partial charge < -0.3 is 15.0 Å². The van der Waals surface area contributed by atoms with Crippen LogP contribution in [0.5, 0.6) is 11.5 Å². The van der Waals surface area contributed by atoms with Gasteiger partial charge in [0, 0.05) is 23.5 Å². The first-order chi connectivity index (χ1) is 25.7. The van der Waals surface area contributed by atoms with Crippen LogP contribution in [-0.4, -0.2) is 43.8 Å². The number of para-hydroxylation sites is 1. The van der Waals surface area contributed by atoms with Gasteiger partial charge in [-0.1, -0.05) is 114 Å². The fourth-order valence-electron chi connectivity index (χ4n) is 6.60. The number of anilines is 1. The summed E-state index contributed by atoms with van der Waals surface area (Å²) in [5, 5.41) is 3.26. The number of benzene rings is 5. The van der Waals surface area contributed by atoms with E-state index in [9.17, 15) is 18.0 Å². The van der Waals surface area contributed by atoms with Gasteiger partial charge in [0.1, 0.15) is 24.1 Å². The molecule has 0 aliphatic heterocycles. The number of halogens is 1. The minimum absolute atomic E-state index is 0.0207. The predicted molar refractivity (Wildman–Crippen MR) is 212 cm³/mol. The zero-order chi connectivity index (χ0) is 37.2. The molecule has 0 spiro atoms. The zero-order valence-corrected chi connectivity index (χ0v) is 32.1. The molecule has 53 heavy (non-hydrogen) atoms. The first-order valence-corrected chi connectivity index (χ1v) is 20.2. The maximum atomic E-state index is 14.9. The van der Waals surface area contributed by atoms with Crippen LogP contribution >= 0.6 is 15.9 Å². The molecule has 1 saturated carbocycles. The monoisotopic (exact) mass is 793 g/mol. The summed E-state index contributed by atoms with van der Waals surface area (Å²) in [6, 6.07) is 38.8. The van der Waals surface area contributed by atoms with Crippen molar-refractivity contribution in [3.05, 3.63) is 155 Å². The molecule has 5 aromatic rings. The Balaban J connectivity index is 1.38. The van der Waals surface area contributed by atoms with Gasteiger partial charge in [-0.2, -0.15) is 0 Å². The van der Waals surface area contributed by atoms with Crippen LogP contribution < -0.4 is 14.4 Å². The molecule has 0 unspecified atom stereocenters. The fourth-order valence-corrected chi connectivity index (χ4v) is 8.46. The van der Waals surface area contributed by atoms with E-state index in [0.717, 1.165) is 57.6 Å². The second-order valence-corrected chi connectivity index (χ2v) is 16.2. The van der Waals surface area contributed by atoms with Gasteiger partial charge in [0.25, 0.3) is 10.0 Å². The van der Waals surface area contributed by atoms with E-state index >= 15 is 0 Å². The van der Waals surface area contributed by atoms with E-state index in [1.54, 1.807) is 48.5 Å². The van der Waals surface area contributed by atoms with Gasteiger partial charge in [0.05, 0.1) is 10.6 Å². The summed E-state index contributed by atoms with van der Waals surface area (Å²) in [5.74, 6) is 0.390. The second kappa shape index (κ2) is 17.7. The van der Waals surface area contributed by atoms with Crippen LogP contribution in [0.1, 0.15) is 48.8 Å². The van der Waals surface area contributed by atoms with Crippen LogP contribution in [0, 0.1) is 6.92 Å². The van der Waals surface area contributed by atoms with Gasteiger partial charge in [-0.05, 0) is 91.6 Å². The molecule has 1 aliphatic carbocycles. The number of sulfonamides is 1. The number of rotatable bonds is 14. The van der Waals surface area contributed by atoms with Crippen molar-refractivity contribution in [3.8, 4) is 11.5 Å². The van der Waals surface area contributed by atoms with Gasteiger partial charge >= 0.3 is 0 Å². The lowest BCUT2D eigenvalue weighted by Crippen LogP contribution is -2.55. The number of amides is 2. The third-order valence-electron chi connectivity index (χ3n) is 9.46. The van der Waals surface area contributed by atoms with Crippen molar-refractivity contribution in [2.24, 2.45) is 0 Å². The molecule has 1 aliphatic rings. The normalized spacial score (nSPS) is 13.8. The van der Waals surface area contributed by atoms with E-state index in [-0.39, 0.29) is 35.5 Å². The SMILES string of the molecule is Cc1ccc(S(=O)(=O)N(CC(=O)N(Cc2cccc(Br)c2)[C@H](Cc2ccccc2)C(=O)NC2CCCCC2)c2ccc(Oc3ccccc3)cc2)cc1. The van der Waals surface area contributed by atoms with Crippen molar-refractivity contribution in [2.45, 2.75) is 69.0 Å². The van der Waals surface area contributed by atoms with Gasteiger partial charge in [0.15, 0.2) is 0 Å². The quantitative estimate of drug-likeness (QED) is 0.121. The Bertz CT molecular complexity index is 2070. The number of nitrogens with zero attached hydrogens (tertiary/aromatic N) is 2. The third kappa shape index (κ3) is 10.1. The lowest BCUT2D eigenvalue weighted by Gasteiger charge is -2.35. The van der Waals surface area contributed by atoms with Crippen molar-refractivity contribution in [1.29, 1.82) is 0 Å². The Morgan fingerprint density at radius 3 is 2.06 bits per heavy atom. The standard InChI is InChI=1S/C43H44BrN3O5S/c1-32-20-26-40(27-21-32)53(50,51)47(37-22-24-39(25-23-37)52-38-18-9-4-10-19-38)31-42(48)46(30-34-14-11-15-35(44)28-34)41(29-33-12-5-2-6-13-33)43(49)45-36-16-7-3-8-17-36/h2,4-6,9-15,18-28,36,41H,3,7-8,16-17,29-31H2,1H3,(H,45,49)/t41-/m1/s1. The lowest BCUT2D eigenvalue weighted by atomic mass is 9.94. The van der Waals surface area contributed by atoms with Gasteiger partial charge in [-0.25, -0.2) is 8.42 Å². The van der Waals surface area contributed by atoms with Crippen LogP contribution in [0.25, 0.3) is 0 Å². The molecule has 10 heteroatoms. The van der Waals surface area contributed by atoms with Gasteiger partial charge in [-0.3, -0.25) is 13.9 Å². The molecule has 6 rings (SSSR count). The molecule has 0 radical (unpaired) electrons. The Labute approximate surface area is 321 Å². The first-order valence-electron chi connectivity index (χ1n) is 18.0. The first kappa shape index (κ1) is 37.8. The van der Waals surface area contributed by atoms with Gasteiger partial charge in [0.2, 0.25) is 11.8 Å². The highest BCUT2D eigenvalue weighted by Gasteiger charge is 2.35. The Kier molecular flexibility index (Phi) is 12.6. The van der Waals surface area contributed by atoms with Crippen molar-refractivity contribution in [1.82, 2.24) is 10.2 Å². The van der Waals surface area contributed by atoms with Crippen LogP contribution in [0.15, 0.2) is 143 Å². The van der Waals surface area contributed by atoms with E-state index in [1.165, 1.54) is 4.90 Å². The van der Waals surface area contributed by atoms with Crippen molar-refractivity contribution in [3.63, 3.8) is 0 Å². The molecular weight excluding hydrogens is 750 g/mol. The number of nitrogens with one attached hydrogen (secondary N) is 1. The number of hydrogen-bond acceptors (Lipinski definition) is 5. The summed E-state index contributed by atoms with van der Waals surface area (Å²) in [6.45, 7) is 1.44. The maximum absolute atomic E-state index is 14.9. The third-order valence-corrected chi connectivity index (χ3v) is 11.7. The van der Waals surface area contributed by atoms with Crippen LogP contribution in [0.2, 0.25) is 0 Å². The minimum atomic E-state index is -4.24. The summed E-state index contributed by atoms with van der Waals surface area (Å²) in [4.78, 5) is 30.8. The minimum Gasteiger partial charge on any atom is -0.457 e. The zero-order valence-electron chi connectivity index (χ0n) is 29.7. The second-order valence-electron chi connectivity index (χ2n) is 13.4. The number of carbonyl (C=O) groups is 2. The van der Waals surface area contributed by atoms with E-state index in [4.69, 9.17) is 4.74 Å². The largest absolute Gasteiger partial charge is 0.457 e. The van der Waals surface area contributed by atoms with Gasteiger partial charge in [-0.15, -0.1) is 0 Å². The Morgan fingerprint density at radius 2 is 1.40 bits per heavy atom. The topological polar surface area (TPSA) is 96.0 Å². The summed E-state index contributed by atoms with van der Waals surface area (Å²) in [7, 11) is -4.24. The molecular formula is C43H44BrN3O5S.